The van der Waals surface area contributed by atoms with Crippen LogP contribution in [0.25, 0.3) is 11.1 Å². The van der Waals surface area contributed by atoms with Gasteiger partial charge < -0.3 is 4.74 Å². The summed E-state index contributed by atoms with van der Waals surface area (Å²) in [5.41, 5.74) is 5.05. The van der Waals surface area contributed by atoms with E-state index in [2.05, 4.69) is 50.2 Å². The summed E-state index contributed by atoms with van der Waals surface area (Å²) in [6, 6.07) is 20.1. The van der Waals surface area contributed by atoms with Crippen molar-refractivity contribution in [3.05, 3.63) is 89.0 Å². The van der Waals surface area contributed by atoms with E-state index in [4.69, 9.17) is 4.74 Å². The van der Waals surface area contributed by atoms with Crippen molar-refractivity contribution in [2.75, 3.05) is 0 Å². The van der Waals surface area contributed by atoms with Crippen LogP contribution in [0.2, 0.25) is 0 Å². The standard InChI is InChI=1S/C34H44F2O/c1-3-5-7-9-11-13-15-31-24-25-32(34(36)33(31)35)37-26-28-18-22-30(23-19-28)29-20-16-27(17-21-29)14-12-10-8-6-4-2/h16-25H,3-15,26H2,1-2H3. The van der Waals surface area contributed by atoms with E-state index in [1.165, 1.54) is 62.5 Å². The highest BCUT2D eigenvalue weighted by Crippen LogP contribution is 2.26. The van der Waals surface area contributed by atoms with Crippen LogP contribution in [-0.4, -0.2) is 0 Å². The molecule has 0 saturated heterocycles. The molecule has 0 radical (unpaired) electrons. The minimum Gasteiger partial charge on any atom is -0.486 e. The number of benzene rings is 3. The number of unbranched alkanes of at least 4 members (excludes halogenated alkanes) is 9. The van der Waals surface area contributed by atoms with Crippen LogP contribution in [0.3, 0.4) is 0 Å². The van der Waals surface area contributed by atoms with Gasteiger partial charge in [-0.2, -0.15) is 4.39 Å². The second-order valence-electron chi connectivity index (χ2n) is 10.2. The molecule has 0 saturated carbocycles. The zero-order valence-electron chi connectivity index (χ0n) is 22.8. The summed E-state index contributed by atoms with van der Waals surface area (Å²) in [7, 11) is 0. The van der Waals surface area contributed by atoms with E-state index >= 15 is 0 Å². The molecule has 0 fully saturated rings. The summed E-state index contributed by atoms with van der Waals surface area (Å²) in [6.07, 6.45) is 15.0. The number of hydrogen-bond donors (Lipinski definition) is 0. The Hall–Kier alpha value is -2.68. The molecule has 200 valence electrons. The maximum atomic E-state index is 14.6. The van der Waals surface area contributed by atoms with Crippen LogP contribution in [0, 0.1) is 11.6 Å². The van der Waals surface area contributed by atoms with Gasteiger partial charge in [-0.1, -0.05) is 126 Å². The van der Waals surface area contributed by atoms with Crippen molar-refractivity contribution < 1.29 is 13.5 Å². The van der Waals surface area contributed by atoms with Gasteiger partial charge >= 0.3 is 0 Å². The van der Waals surface area contributed by atoms with Crippen molar-refractivity contribution in [3.63, 3.8) is 0 Å². The lowest BCUT2D eigenvalue weighted by atomic mass is 10.00. The second-order valence-corrected chi connectivity index (χ2v) is 10.2. The van der Waals surface area contributed by atoms with E-state index < -0.39 is 11.6 Å². The van der Waals surface area contributed by atoms with Crippen LogP contribution in [0.4, 0.5) is 8.78 Å². The number of aryl methyl sites for hydroxylation is 2. The number of halogens is 2. The normalized spacial score (nSPS) is 11.1. The Bertz CT molecular complexity index is 1040. The summed E-state index contributed by atoms with van der Waals surface area (Å²) < 4.78 is 34.8. The zero-order valence-corrected chi connectivity index (χ0v) is 22.8. The van der Waals surface area contributed by atoms with Crippen LogP contribution in [0.5, 0.6) is 5.75 Å². The molecule has 0 aliphatic carbocycles. The highest BCUT2D eigenvalue weighted by molar-refractivity contribution is 5.64. The van der Waals surface area contributed by atoms with Gasteiger partial charge in [0, 0.05) is 0 Å². The summed E-state index contributed by atoms with van der Waals surface area (Å²) in [6.45, 7) is 4.63. The number of hydrogen-bond acceptors (Lipinski definition) is 1. The monoisotopic (exact) mass is 506 g/mol. The Morgan fingerprint density at radius 3 is 1.62 bits per heavy atom. The quantitative estimate of drug-likeness (QED) is 0.165. The highest BCUT2D eigenvalue weighted by atomic mass is 19.2. The van der Waals surface area contributed by atoms with Gasteiger partial charge in [-0.25, -0.2) is 4.39 Å². The third-order valence-corrected chi connectivity index (χ3v) is 7.13. The highest BCUT2D eigenvalue weighted by Gasteiger charge is 2.14. The molecular weight excluding hydrogens is 462 g/mol. The molecule has 0 amide bonds. The molecule has 3 rings (SSSR count). The van der Waals surface area contributed by atoms with Crippen LogP contribution in [-0.2, 0) is 19.4 Å². The molecule has 0 spiro atoms. The Balaban J connectivity index is 1.47. The third kappa shape index (κ3) is 9.61. The van der Waals surface area contributed by atoms with E-state index in [0.29, 0.717) is 12.0 Å². The SMILES string of the molecule is CCCCCCCCc1ccc(OCc2ccc(-c3ccc(CCCCCCC)cc3)cc2)c(F)c1F. The van der Waals surface area contributed by atoms with Crippen molar-refractivity contribution in [2.45, 2.75) is 104 Å². The Morgan fingerprint density at radius 2 is 1.03 bits per heavy atom. The summed E-state index contributed by atoms with van der Waals surface area (Å²) >= 11 is 0. The minimum absolute atomic E-state index is 0.0291. The van der Waals surface area contributed by atoms with Gasteiger partial charge in [-0.15, -0.1) is 0 Å². The van der Waals surface area contributed by atoms with Gasteiger partial charge in [0.2, 0.25) is 5.82 Å². The first-order valence-electron chi connectivity index (χ1n) is 14.4. The molecule has 1 nitrogen and oxygen atoms in total. The second kappa shape index (κ2) is 16.2. The van der Waals surface area contributed by atoms with Crippen LogP contribution < -0.4 is 4.74 Å². The smallest absolute Gasteiger partial charge is 0.200 e. The lowest BCUT2D eigenvalue weighted by Gasteiger charge is -2.11. The first-order valence-corrected chi connectivity index (χ1v) is 14.4. The lowest BCUT2D eigenvalue weighted by molar-refractivity contribution is 0.284. The molecule has 3 aromatic carbocycles. The summed E-state index contributed by atoms with van der Waals surface area (Å²) in [4.78, 5) is 0. The molecule has 0 heterocycles. The molecule has 3 aromatic rings. The zero-order chi connectivity index (χ0) is 26.3. The summed E-state index contributed by atoms with van der Waals surface area (Å²) in [5.74, 6) is -1.69. The van der Waals surface area contributed by atoms with Gasteiger partial charge in [0.15, 0.2) is 11.6 Å². The predicted octanol–water partition coefficient (Wildman–Crippen LogP) is 10.6. The van der Waals surface area contributed by atoms with E-state index in [9.17, 15) is 8.78 Å². The topological polar surface area (TPSA) is 9.23 Å². The molecule has 0 aliphatic heterocycles. The fourth-order valence-electron chi connectivity index (χ4n) is 4.72. The molecule has 0 atom stereocenters. The molecule has 3 heteroatoms. The van der Waals surface area contributed by atoms with Gasteiger partial charge in [0.1, 0.15) is 6.61 Å². The average molecular weight is 507 g/mol. The van der Waals surface area contributed by atoms with Crippen LogP contribution >= 0.6 is 0 Å². The third-order valence-electron chi connectivity index (χ3n) is 7.13. The fourth-order valence-corrected chi connectivity index (χ4v) is 4.72. The van der Waals surface area contributed by atoms with E-state index in [1.54, 1.807) is 12.1 Å². The molecule has 0 bridgehead atoms. The molecule has 0 unspecified atom stereocenters. The van der Waals surface area contributed by atoms with E-state index in [0.717, 1.165) is 36.8 Å². The van der Waals surface area contributed by atoms with Crippen molar-refractivity contribution in [3.8, 4) is 16.9 Å². The molecule has 0 aromatic heterocycles. The Kier molecular flexibility index (Phi) is 12.7. The van der Waals surface area contributed by atoms with Crippen LogP contribution in [0.1, 0.15) is 101 Å². The lowest BCUT2D eigenvalue weighted by Crippen LogP contribution is -2.02. The first kappa shape index (κ1) is 28.9. The molecule has 37 heavy (non-hydrogen) atoms. The maximum absolute atomic E-state index is 14.6. The molecule has 0 aliphatic rings. The van der Waals surface area contributed by atoms with Gasteiger partial charge in [-0.05, 0) is 59.6 Å². The van der Waals surface area contributed by atoms with Crippen molar-refractivity contribution in [1.29, 1.82) is 0 Å². The van der Waals surface area contributed by atoms with Gasteiger partial charge in [0.25, 0.3) is 0 Å². The largest absolute Gasteiger partial charge is 0.486 e. The van der Waals surface area contributed by atoms with Crippen molar-refractivity contribution in [1.82, 2.24) is 0 Å². The molecular formula is C34H44F2O. The van der Waals surface area contributed by atoms with Crippen molar-refractivity contribution >= 4 is 0 Å². The fraction of sp³-hybridized carbons (Fsp3) is 0.471. The van der Waals surface area contributed by atoms with Crippen molar-refractivity contribution in [2.24, 2.45) is 0 Å². The van der Waals surface area contributed by atoms with E-state index in [-0.39, 0.29) is 12.4 Å². The first-order chi connectivity index (χ1) is 18.1. The Morgan fingerprint density at radius 1 is 0.514 bits per heavy atom. The van der Waals surface area contributed by atoms with Gasteiger partial charge in [0.05, 0.1) is 0 Å². The Labute approximate surface area is 223 Å². The van der Waals surface area contributed by atoms with Gasteiger partial charge in [-0.3, -0.25) is 0 Å². The minimum atomic E-state index is -0.884. The molecule has 0 N–H and O–H groups in total. The number of rotatable bonds is 17. The van der Waals surface area contributed by atoms with E-state index in [1.807, 2.05) is 12.1 Å². The maximum Gasteiger partial charge on any atom is 0.200 e. The number of ether oxygens (including phenoxy) is 1. The van der Waals surface area contributed by atoms with Crippen LogP contribution in [0.15, 0.2) is 60.7 Å². The summed E-state index contributed by atoms with van der Waals surface area (Å²) in [5, 5.41) is 0. The predicted molar refractivity (Wildman–Crippen MR) is 152 cm³/mol. The average Bonchev–Trinajstić information content (AvgIpc) is 2.93.